The molecule has 1 aliphatic heterocycles. The molecule has 1 saturated carbocycles. The van der Waals surface area contributed by atoms with Crippen LogP contribution in [0.2, 0.25) is 5.02 Å². The van der Waals surface area contributed by atoms with E-state index in [4.69, 9.17) is 21.1 Å². The molecule has 3 nitrogen and oxygen atoms in total. The van der Waals surface area contributed by atoms with Gasteiger partial charge in [0, 0.05) is 5.02 Å². The monoisotopic (exact) mass is 308 g/mol. The number of aldehydes is 1. The molecule has 2 fully saturated rings. The van der Waals surface area contributed by atoms with E-state index in [-0.39, 0.29) is 11.7 Å². The van der Waals surface area contributed by atoms with Crippen molar-refractivity contribution in [3.63, 3.8) is 0 Å². The van der Waals surface area contributed by atoms with E-state index < -0.39 is 0 Å². The van der Waals surface area contributed by atoms with Gasteiger partial charge in [-0.05, 0) is 43.9 Å². The third-order valence-electron chi connectivity index (χ3n) is 4.63. The number of carbonyl (C=O) groups excluding carboxylic acids is 1. The molecular formula is C17H21ClO3. The molecule has 1 aromatic rings. The van der Waals surface area contributed by atoms with Crippen LogP contribution in [0, 0.1) is 0 Å². The van der Waals surface area contributed by atoms with Gasteiger partial charge in [0.05, 0.1) is 17.3 Å². The number of benzene rings is 1. The van der Waals surface area contributed by atoms with Gasteiger partial charge in [-0.1, -0.05) is 30.9 Å². The van der Waals surface area contributed by atoms with Gasteiger partial charge in [0.1, 0.15) is 12.4 Å². The van der Waals surface area contributed by atoms with Crippen LogP contribution >= 0.6 is 11.6 Å². The van der Waals surface area contributed by atoms with E-state index in [1.165, 1.54) is 32.1 Å². The quantitative estimate of drug-likeness (QED) is 0.773. The maximum atomic E-state index is 11.0. The molecule has 0 radical (unpaired) electrons. The Kier molecular flexibility index (Phi) is 4.51. The van der Waals surface area contributed by atoms with Crippen molar-refractivity contribution in [1.29, 1.82) is 0 Å². The fourth-order valence-corrected chi connectivity index (χ4v) is 3.68. The first kappa shape index (κ1) is 14.9. The minimum Gasteiger partial charge on any atom is -0.490 e. The molecule has 1 spiro atoms. The molecule has 4 heteroatoms. The highest BCUT2D eigenvalue weighted by atomic mass is 35.5. The summed E-state index contributed by atoms with van der Waals surface area (Å²) in [6.07, 6.45) is 9.36. The molecule has 1 atom stereocenters. The van der Waals surface area contributed by atoms with E-state index in [1.54, 1.807) is 18.2 Å². The summed E-state index contributed by atoms with van der Waals surface area (Å²) >= 11 is 5.88. The maximum absolute atomic E-state index is 11.0. The Morgan fingerprint density at radius 2 is 2.10 bits per heavy atom. The molecule has 1 unspecified atom stereocenters. The second kappa shape index (κ2) is 6.37. The molecule has 1 aromatic carbocycles. The lowest BCUT2D eigenvalue weighted by atomic mass is 9.83. The van der Waals surface area contributed by atoms with Crippen LogP contribution in [0.25, 0.3) is 0 Å². The normalized spacial score (nSPS) is 24.1. The van der Waals surface area contributed by atoms with E-state index in [9.17, 15) is 4.79 Å². The molecule has 0 N–H and O–H groups in total. The molecule has 0 amide bonds. The Hall–Kier alpha value is -1.06. The van der Waals surface area contributed by atoms with Crippen LogP contribution < -0.4 is 4.74 Å². The molecule has 2 aliphatic rings. The Labute approximate surface area is 130 Å². The molecule has 3 rings (SSSR count). The molecule has 0 bridgehead atoms. The summed E-state index contributed by atoms with van der Waals surface area (Å²) in [6, 6.07) is 5.11. The number of ether oxygens (including phenoxy) is 2. The summed E-state index contributed by atoms with van der Waals surface area (Å²) in [7, 11) is 0. The molecule has 114 valence electrons. The summed E-state index contributed by atoms with van der Waals surface area (Å²) in [5, 5.41) is 0.544. The van der Waals surface area contributed by atoms with E-state index >= 15 is 0 Å². The van der Waals surface area contributed by atoms with Crippen molar-refractivity contribution in [3.05, 3.63) is 28.8 Å². The van der Waals surface area contributed by atoms with Gasteiger partial charge in [-0.25, -0.2) is 0 Å². The van der Waals surface area contributed by atoms with E-state index in [0.717, 1.165) is 19.1 Å². The lowest BCUT2D eigenvalue weighted by Crippen LogP contribution is -2.32. The van der Waals surface area contributed by atoms with Crippen LogP contribution in [-0.4, -0.2) is 24.6 Å². The topological polar surface area (TPSA) is 35.5 Å². The predicted molar refractivity (Wildman–Crippen MR) is 82.3 cm³/mol. The molecule has 0 aromatic heterocycles. The van der Waals surface area contributed by atoms with Gasteiger partial charge in [0.2, 0.25) is 0 Å². The fourth-order valence-electron chi connectivity index (χ4n) is 3.50. The van der Waals surface area contributed by atoms with Crippen molar-refractivity contribution in [2.75, 3.05) is 6.61 Å². The van der Waals surface area contributed by atoms with Crippen molar-refractivity contribution >= 4 is 17.9 Å². The second-order valence-electron chi connectivity index (χ2n) is 6.13. The summed E-state index contributed by atoms with van der Waals surface area (Å²) in [4.78, 5) is 11.0. The van der Waals surface area contributed by atoms with Gasteiger partial charge in [0.25, 0.3) is 0 Å². The molecule has 1 heterocycles. The third kappa shape index (κ3) is 3.41. The molecule has 1 aliphatic carbocycles. The summed E-state index contributed by atoms with van der Waals surface area (Å²) in [6.45, 7) is 0.504. The van der Waals surface area contributed by atoms with Gasteiger partial charge in [0.15, 0.2) is 6.29 Å². The average molecular weight is 309 g/mol. The van der Waals surface area contributed by atoms with Crippen LogP contribution in [0.1, 0.15) is 55.3 Å². The Morgan fingerprint density at radius 3 is 2.86 bits per heavy atom. The third-order valence-corrected chi connectivity index (χ3v) is 4.86. The van der Waals surface area contributed by atoms with Crippen molar-refractivity contribution in [2.45, 2.75) is 56.7 Å². The Morgan fingerprint density at radius 1 is 1.29 bits per heavy atom. The minimum absolute atomic E-state index is 0.111. The van der Waals surface area contributed by atoms with E-state index in [0.29, 0.717) is 22.9 Å². The van der Waals surface area contributed by atoms with Crippen LogP contribution in [0.15, 0.2) is 18.2 Å². The largest absolute Gasteiger partial charge is 0.490 e. The molecule has 21 heavy (non-hydrogen) atoms. The van der Waals surface area contributed by atoms with Gasteiger partial charge in [-0.3, -0.25) is 4.79 Å². The number of hydrogen-bond acceptors (Lipinski definition) is 3. The van der Waals surface area contributed by atoms with Crippen molar-refractivity contribution in [2.24, 2.45) is 0 Å². The molecular weight excluding hydrogens is 288 g/mol. The summed E-state index contributed by atoms with van der Waals surface area (Å²) < 4.78 is 12.1. The summed E-state index contributed by atoms with van der Waals surface area (Å²) in [5.41, 5.74) is 0.604. The summed E-state index contributed by atoms with van der Waals surface area (Å²) in [5.74, 6) is 0.586. The van der Waals surface area contributed by atoms with Crippen molar-refractivity contribution in [1.82, 2.24) is 0 Å². The highest BCUT2D eigenvalue weighted by Crippen LogP contribution is 2.42. The molecule has 1 saturated heterocycles. The van der Waals surface area contributed by atoms with Crippen molar-refractivity contribution in [3.8, 4) is 5.75 Å². The number of rotatable bonds is 4. The van der Waals surface area contributed by atoms with Gasteiger partial charge < -0.3 is 9.47 Å². The first-order chi connectivity index (χ1) is 10.2. The van der Waals surface area contributed by atoms with E-state index in [1.807, 2.05) is 0 Å². The van der Waals surface area contributed by atoms with Crippen LogP contribution in [0.5, 0.6) is 5.75 Å². The fraction of sp³-hybridized carbons (Fsp3) is 0.588. The lowest BCUT2D eigenvalue weighted by molar-refractivity contribution is -0.0749. The number of halogens is 1. The minimum atomic E-state index is 0.111. The number of carbonyl (C=O) groups is 1. The van der Waals surface area contributed by atoms with Gasteiger partial charge in [-0.2, -0.15) is 0 Å². The van der Waals surface area contributed by atoms with Crippen molar-refractivity contribution < 1.29 is 14.3 Å². The first-order valence-electron chi connectivity index (χ1n) is 7.76. The zero-order valence-corrected chi connectivity index (χ0v) is 12.9. The zero-order valence-electron chi connectivity index (χ0n) is 12.1. The highest BCUT2D eigenvalue weighted by Gasteiger charge is 2.40. The Bertz CT molecular complexity index is 509. The standard InChI is InChI=1S/C17H21ClO3/c18-14-4-5-16(13(10-14)11-19)20-12-15-6-9-17(21-15)7-2-1-3-8-17/h4-5,10-11,15H,1-3,6-9,12H2. The second-order valence-corrected chi connectivity index (χ2v) is 6.57. The SMILES string of the molecule is O=Cc1cc(Cl)ccc1OCC1CCC2(CCCCC2)O1. The van der Waals surface area contributed by atoms with Crippen LogP contribution in [0.4, 0.5) is 0 Å². The average Bonchev–Trinajstić information content (AvgIpc) is 2.89. The van der Waals surface area contributed by atoms with Crippen LogP contribution in [0.3, 0.4) is 0 Å². The first-order valence-corrected chi connectivity index (χ1v) is 8.14. The van der Waals surface area contributed by atoms with Gasteiger partial charge in [-0.15, -0.1) is 0 Å². The van der Waals surface area contributed by atoms with Gasteiger partial charge >= 0.3 is 0 Å². The number of hydrogen-bond donors (Lipinski definition) is 0. The zero-order chi connectivity index (χ0) is 14.7. The van der Waals surface area contributed by atoms with E-state index in [2.05, 4.69) is 0 Å². The smallest absolute Gasteiger partial charge is 0.153 e. The lowest BCUT2D eigenvalue weighted by Gasteiger charge is -2.33. The maximum Gasteiger partial charge on any atom is 0.153 e. The highest BCUT2D eigenvalue weighted by molar-refractivity contribution is 6.30. The Balaban J connectivity index is 1.57. The van der Waals surface area contributed by atoms with Crippen LogP contribution in [-0.2, 0) is 4.74 Å². The predicted octanol–water partition coefficient (Wildman–Crippen LogP) is 4.41.